The predicted octanol–water partition coefficient (Wildman–Crippen LogP) is 4.62. The Hall–Kier alpha value is -2.94. The molecule has 2 aromatic carbocycles. The first kappa shape index (κ1) is 13.1. The first-order chi connectivity index (χ1) is 10.4. The summed E-state index contributed by atoms with van der Waals surface area (Å²) < 4.78 is 5.79. The first-order valence-electron chi connectivity index (χ1n) is 6.67. The van der Waals surface area contributed by atoms with Crippen LogP contribution >= 0.6 is 0 Å². The lowest BCUT2D eigenvalue weighted by molar-refractivity contribution is 0.483. The molecule has 1 heterocycles. The van der Waals surface area contributed by atoms with Gasteiger partial charge in [-0.25, -0.2) is 0 Å². The van der Waals surface area contributed by atoms with Crippen LogP contribution in [0.3, 0.4) is 0 Å². The molecule has 0 aliphatic heterocycles. The highest BCUT2D eigenvalue weighted by Crippen LogP contribution is 2.25. The maximum absolute atomic E-state index is 5.79. The van der Waals surface area contributed by atoms with E-state index in [1.54, 1.807) is 12.4 Å². The van der Waals surface area contributed by atoms with Crippen molar-refractivity contribution in [3.8, 4) is 11.5 Å². The summed E-state index contributed by atoms with van der Waals surface area (Å²) >= 11 is 0. The monoisotopic (exact) mass is 274 g/mol. The zero-order valence-corrected chi connectivity index (χ0v) is 11.4. The van der Waals surface area contributed by atoms with Gasteiger partial charge in [0.2, 0.25) is 0 Å². The Balaban J connectivity index is 1.76. The molecular formula is C18H14N2O. The molecule has 3 rings (SSSR count). The van der Waals surface area contributed by atoms with E-state index in [1.165, 1.54) is 0 Å². The average Bonchev–Trinajstić information content (AvgIpc) is 2.55. The molecule has 0 bridgehead atoms. The summed E-state index contributed by atoms with van der Waals surface area (Å²) in [6.45, 7) is 0. The van der Waals surface area contributed by atoms with Gasteiger partial charge in [0.15, 0.2) is 0 Å². The van der Waals surface area contributed by atoms with Gasteiger partial charge in [-0.2, -0.15) is 0 Å². The molecule has 0 radical (unpaired) electrons. The SMILES string of the molecule is C(=Nc1cccc(Oc2ccccc2)c1)c1ccncc1. The van der Waals surface area contributed by atoms with Gasteiger partial charge in [-0.1, -0.05) is 24.3 Å². The maximum atomic E-state index is 5.79. The fourth-order valence-corrected chi connectivity index (χ4v) is 1.85. The molecule has 21 heavy (non-hydrogen) atoms. The Bertz CT molecular complexity index is 724. The fourth-order valence-electron chi connectivity index (χ4n) is 1.85. The average molecular weight is 274 g/mol. The molecular weight excluding hydrogens is 260 g/mol. The first-order valence-corrected chi connectivity index (χ1v) is 6.67. The van der Waals surface area contributed by atoms with Crippen molar-refractivity contribution < 1.29 is 4.74 Å². The molecule has 0 spiro atoms. The van der Waals surface area contributed by atoms with E-state index in [9.17, 15) is 0 Å². The molecule has 3 nitrogen and oxygen atoms in total. The second-order valence-corrected chi connectivity index (χ2v) is 4.45. The Labute approximate surface area is 123 Å². The lowest BCUT2D eigenvalue weighted by Gasteiger charge is -2.05. The minimum absolute atomic E-state index is 0.769. The number of rotatable bonds is 4. The zero-order chi connectivity index (χ0) is 14.3. The van der Waals surface area contributed by atoms with E-state index in [1.807, 2.05) is 72.9 Å². The fraction of sp³-hybridized carbons (Fsp3) is 0. The summed E-state index contributed by atoms with van der Waals surface area (Å²) in [4.78, 5) is 8.43. The van der Waals surface area contributed by atoms with Crippen molar-refractivity contribution in [2.24, 2.45) is 4.99 Å². The van der Waals surface area contributed by atoms with Gasteiger partial charge in [-0.05, 0) is 42.0 Å². The van der Waals surface area contributed by atoms with Gasteiger partial charge in [0.25, 0.3) is 0 Å². The molecule has 3 aromatic rings. The standard InChI is InChI=1S/C18H14N2O/c1-2-6-17(7-3-1)21-18-8-4-5-16(13-18)20-14-15-9-11-19-12-10-15/h1-14H. The van der Waals surface area contributed by atoms with Crippen LogP contribution in [0.1, 0.15) is 5.56 Å². The summed E-state index contributed by atoms with van der Waals surface area (Å²) in [5.74, 6) is 1.58. The van der Waals surface area contributed by atoms with Crippen LogP contribution in [-0.2, 0) is 0 Å². The summed E-state index contributed by atoms with van der Waals surface area (Å²) in [5.41, 5.74) is 1.86. The zero-order valence-electron chi connectivity index (χ0n) is 11.4. The predicted molar refractivity (Wildman–Crippen MR) is 84.4 cm³/mol. The number of para-hydroxylation sites is 1. The molecule has 0 atom stereocenters. The van der Waals surface area contributed by atoms with Crippen molar-refractivity contribution in [1.82, 2.24) is 4.98 Å². The van der Waals surface area contributed by atoms with Crippen LogP contribution in [0, 0.1) is 0 Å². The number of hydrogen-bond acceptors (Lipinski definition) is 3. The quantitative estimate of drug-likeness (QED) is 0.650. The molecule has 0 amide bonds. The Morgan fingerprint density at radius 3 is 2.38 bits per heavy atom. The highest BCUT2D eigenvalue weighted by Gasteiger charge is 1.97. The normalized spacial score (nSPS) is 10.7. The van der Waals surface area contributed by atoms with Gasteiger partial charge in [0.1, 0.15) is 11.5 Å². The van der Waals surface area contributed by atoms with Crippen LogP contribution in [0.2, 0.25) is 0 Å². The van der Waals surface area contributed by atoms with E-state index < -0.39 is 0 Å². The number of ether oxygens (including phenoxy) is 1. The molecule has 0 saturated carbocycles. The van der Waals surface area contributed by atoms with Gasteiger partial charge < -0.3 is 4.74 Å². The summed E-state index contributed by atoms with van der Waals surface area (Å²) in [6, 6.07) is 21.2. The number of aliphatic imine (C=N–C) groups is 1. The highest BCUT2D eigenvalue weighted by atomic mass is 16.5. The Kier molecular flexibility index (Phi) is 4.03. The maximum Gasteiger partial charge on any atom is 0.129 e. The van der Waals surface area contributed by atoms with E-state index in [-0.39, 0.29) is 0 Å². The van der Waals surface area contributed by atoms with Crippen LogP contribution in [0.5, 0.6) is 11.5 Å². The largest absolute Gasteiger partial charge is 0.457 e. The molecule has 0 aliphatic rings. The van der Waals surface area contributed by atoms with Gasteiger partial charge >= 0.3 is 0 Å². The lowest BCUT2D eigenvalue weighted by atomic mass is 10.3. The second kappa shape index (κ2) is 6.48. The van der Waals surface area contributed by atoms with E-state index in [0.717, 1.165) is 22.7 Å². The van der Waals surface area contributed by atoms with Gasteiger partial charge in [-0.3, -0.25) is 9.98 Å². The molecule has 0 fully saturated rings. The third-order valence-corrected chi connectivity index (χ3v) is 2.87. The van der Waals surface area contributed by atoms with E-state index in [4.69, 9.17) is 4.74 Å². The number of hydrogen-bond donors (Lipinski definition) is 0. The van der Waals surface area contributed by atoms with Crippen LogP contribution in [0.15, 0.2) is 84.1 Å². The Morgan fingerprint density at radius 1 is 0.810 bits per heavy atom. The van der Waals surface area contributed by atoms with Crippen molar-refractivity contribution in [1.29, 1.82) is 0 Å². The molecule has 102 valence electrons. The number of pyridine rings is 1. The highest BCUT2D eigenvalue weighted by molar-refractivity contribution is 5.81. The van der Waals surface area contributed by atoms with E-state index in [2.05, 4.69) is 9.98 Å². The second-order valence-electron chi connectivity index (χ2n) is 4.45. The third-order valence-electron chi connectivity index (χ3n) is 2.87. The summed E-state index contributed by atoms with van der Waals surface area (Å²) in [5, 5.41) is 0. The van der Waals surface area contributed by atoms with Crippen molar-refractivity contribution >= 4 is 11.9 Å². The van der Waals surface area contributed by atoms with E-state index >= 15 is 0 Å². The number of nitrogens with zero attached hydrogens (tertiary/aromatic N) is 2. The smallest absolute Gasteiger partial charge is 0.129 e. The molecule has 1 aromatic heterocycles. The van der Waals surface area contributed by atoms with Gasteiger partial charge in [-0.15, -0.1) is 0 Å². The van der Waals surface area contributed by atoms with Crippen molar-refractivity contribution in [2.45, 2.75) is 0 Å². The molecule has 0 unspecified atom stereocenters. The van der Waals surface area contributed by atoms with Crippen molar-refractivity contribution in [2.75, 3.05) is 0 Å². The van der Waals surface area contributed by atoms with Crippen LogP contribution < -0.4 is 4.74 Å². The van der Waals surface area contributed by atoms with Crippen molar-refractivity contribution in [3.63, 3.8) is 0 Å². The van der Waals surface area contributed by atoms with Gasteiger partial charge in [0.05, 0.1) is 5.69 Å². The Morgan fingerprint density at radius 2 is 1.57 bits per heavy atom. The topological polar surface area (TPSA) is 34.5 Å². The molecule has 0 N–H and O–H groups in total. The van der Waals surface area contributed by atoms with Crippen LogP contribution in [-0.4, -0.2) is 11.2 Å². The minimum atomic E-state index is 0.769. The minimum Gasteiger partial charge on any atom is -0.457 e. The van der Waals surface area contributed by atoms with Crippen molar-refractivity contribution in [3.05, 3.63) is 84.7 Å². The van der Waals surface area contributed by atoms with Crippen LogP contribution in [0.4, 0.5) is 5.69 Å². The molecule has 3 heteroatoms. The summed E-state index contributed by atoms with van der Waals surface area (Å²) in [7, 11) is 0. The lowest BCUT2D eigenvalue weighted by Crippen LogP contribution is -1.83. The third kappa shape index (κ3) is 3.76. The summed E-state index contributed by atoms with van der Waals surface area (Å²) in [6.07, 6.45) is 5.30. The van der Waals surface area contributed by atoms with Gasteiger partial charge in [0, 0.05) is 24.7 Å². The molecule has 0 aliphatic carbocycles. The number of aromatic nitrogens is 1. The van der Waals surface area contributed by atoms with E-state index in [0.29, 0.717) is 0 Å². The van der Waals surface area contributed by atoms with Crippen LogP contribution in [0.25, 0.3) is 0 Å². The molecule has 0 saturated heterocycles. The number of benzene rings is 2.